The molecule has 0 aliphatic heterocycles. The zero-order valence-corrected chi connectivity index (χ0v) is 15.5. The number of halogens is 1. The second-order valence-corrected chi connectivity index (χ2v) is 6.73. The van der Waals surface area contributed by atoms with Crippen LogP contribution in [0.15, 0.2) is 23.1 Å². The molecule has 0 aromatic carbocycles. The summed E-state index contributed by atoms with van der Waals surface area (Å²) in [5, 5.41) is 19.0. The van der Waals surface area contributed by atoms with Crippen molar-refractivity contribution in [3.05, 3.63) is 38.9 Å². The van der Waals surface area contributed by atoms with E-state index in [0.29, 0.717) is 13.1 Å². The number of hydrogen-bond donors (Lipinski definition) is 0. The number of carbonyl (C=O) groups excluding carboxylic acids is 1. The second-order valence-electron chi connectivity index (χ2n) is 5.88. The van der Waals surface area contributed by atoms with Crippen LogP contribution in [0.1, 0.15) is 26.5 Å². The van der Waals surface area contributed by atoms with E-state index in [1.54, 1.807) is 36.7 Å². The van der Waals surface area contributed by atoms with Gasteiger partial charge in [-0.1, -0.05) is 0 Å². The van der Waals surface area contributed by atoms with Crippen molar-refractivity contribution in [1.29, 1.82) is 0 Å². The number of aromatic nitrogens is 4. The van der Waals surface area contributed by atoms with Crippen LogP contribution >= 0.6 is 15.9 Å². The highest BCUT2D eigenvalue weighted by Crippen LogP contribution is 2.23. The lowest BCUT2D eigenvalue weighted by Crippen LogP contribution is -2.45. The Morgan fingerprint density at radius 1 is 1.42 bits per heavy atom. The topological polar surface area (TPSA) is 99.1 Å². The van der Waals surface area contributed by atoms with E-state index in [9.17, 15) is 14.9 Å². The highest BCUT2D eigenvalue weighted by molar-refractivity contribution is 9.10. The first-order valence-corrected chi connectivity index (χ1v) is 8.13. The average molecular weight is 399 g/mol. The van der Waals surface area contributed by atoms with Crippen LogP contribution in [0.5, 0.6) is 0 Å². The summed E-state index contributed by atoms with van der Waals surface area (Å²) in [6.45, 7) is 6.37. The first kappa shape index (κ1) is 18.1. The van der Waals surface area contributed by atoms with Crippen molar-refractivity contribution >= 4 is 27.5 Å². The minimum absolute atomic E-state index is 0.148. The average Bonchev–Trinajstić information content (AvgIpc) is 3.15. The van der Waals surface area contributed by atoms with Gasteiger partial charge >= 0.3 is 5.69 Å². The van der Waals surface area contributed by atoms with Crippen LogP contribution in [-0.2, 0) is 23.4 Å². The molecule has 0 fully saturated rings. The summed E-state index contributed by atoms with van der Waals surface area (Å²) in [4.78, 5) is 24.7. The fourth-order valence-corrected chi connectivity index (χ4v) is 2.81. The Balaban J connectivity index is 2.21. The van der Waals surface area contributed by atoms with E-state index in [1.807, 2.05) is 6.92 Å². The molecule has 130 valence electrons. The Morgan fingerprint density at radius 2 is 2.08 bits per heavy atom. The maximum Gasteiger partial charge on any atom is 0.307 e. The van der Waals surface area contributed by atoms with E-state index in [-0.39, 0.29) is 11.6 Å². The van der Waals surface area contributed by atoms with Crippen molar-refractivity contribution in [2.75, 3.05) is 7.05 Å². The number of aryl methyl sites for hydroxylation is 1. The molecule has 0 aliphatic rings. The smallest absolute Gasteiger partial charge is 0.307 e. The summed E-state index contributed by atoms with van der Waals surface area (Å²) in [5.74, 6) is -0.212. The van der Waals surface area contributed by atoms with Crippen molar-refractivity contribution in [2.45, 2.75) is 39.4 Å². The molecule has 10 heteroatoms. The molecule has 0 spiro atoms. The molecule has 0 aliphatic carbocycles. The molecule has 2 aromatic heterocycles. The standard InChI is InChI=1S/C14H19BrN6O3/c1-5-19-12(11(15)7-16-19)9-18(4)13(22)14(2,3)20-8-10(6-17-20)21(23)24/h6-8H,5,9H2,1-4H3. The van der Waals surface area contributed by atoms with Crippen molar-refractivity contribution in [3.8, 4) is 0 Å². The summed E-state index contributed by atoms with van der Waals surface area (Å²) in [6.07, 6.45) is 4.09. The molecule has 0 saturated carbocycles. The van der Waals surface area contributed by atoms with Gasteiger partial charge in [0.25, 0.3) is 0 Å². The van der Waals surface area contributed by atoms with Gasteiger partial charge in [0.2, 0.25) is 5.91 Å². The van der Waals surface area contributed by atoms with Gasteiger partial charge in [-0.25, -0.2) is 0 Å². The number of nitrogens with zero attached hydrogens (tertiary/aromatic N) is 6. The van der Waals surface area contributed by atoms with E-state index in [2.05, 4.69) is 26.1 Å². The van der Waals surface area contributed by atoms with Gasteiger partial charge in [-0.3, -0.25) is 24.3 Å². The number of rotatable bonds is 6. The largest absolute Gasteiger partial charge is 0.338 e. The zero-order valence-electron chi connectivity index (χ0n) is 13.9. The number of likely N-dealkylation sites (N-methyl/N-ethyl adjacent to an activating group) is 1. The van der Waals surface area contributed by atoms with Crippen LogP contribution in [0.2, 0.25) is 0 Å². The molecule has 0 atom stereocenters. The number of carbonyl (C=O) groups is 1. The van der Waals surface area contributed by atoms with Gasteiger partial charge in [0.15, 0.2) is 0 Å². The molecular weight excluding hydrogens is 380 g/mol. The van der Waals surface area contributed by atoms with Gasteiger partial charge in [0.05, 0.1) is 27.8 Å². The molecule has 24 heavy (non-hydrogen) atoms. The predicted octanol–water partition coefficient (Wildman–Crippen LogP) is 2.16. The maximum absolute atomic E-state index is 12.8. The van der Waals surface area contributed by atoms with Gasteiger partial charge < -0.3 is 4.90 Å². The minimum Gasteiger partial charge on any atom is -0.338 e. The lowest BCUT2D eigenvalue weighted by Gasteiger charge is -2.29. The van der Waals surface area contributed by atoms with Crippen LogP contribution in [0.3, 0.4) is 0 Å². The number of amides is 1. The highest BCUT2D eigenvalue weighted by atomic mass is 79.9. The van der Waals surface area contributed by atoms with E-state index in [4.69, 9.17) is 0 Å². The molecule has 9 nitrogen and oxygen atoms in total. The Labute approximate surface area is 147 Å². The second kappa shape index (κ2) is 6.71. The normalized spacial score (nSPS) is 11.5. The number of nitro groups is 1. The Hall–Kier alpha value is -2.23. The van der Waals surface area contributed by atoms with Crippen molar-refractivity contribution in [1.82, 2.24) is 24.5 Å². The summed E-state index contributed by atoms with van der Waals surface area (Å²) < 4.78 is 3.95. The van der Waals surface area contributed by atoms with E-state index in [1.165, 1.54) is 10.9 Å². The third-order valence-corrected chi connectivity index (χ3v) is 4.47. The fraction of sp³-hybridized carbons (Fsp3) is 0.500. The van der Waals surface area contributed by atoms with Gasteiger partial charge in [-0.15, -0.1) is 0 Å². The molecule has 0 unspecified atom stereocenters. The summed E-state index contributed by atoms with van der Waals surface area (Å²) >= 11 is 3.44. The number of hydrogen-bond acceptors (Lipinski definition) is 5. The first-order valence-electron chi connectivity index (χ1n) is 7.33. The molecule has 0 saturated heterocycles. The van der Waals surface area contributed by atoms with Gasteiger partial charge in [0.1, 0.15) is 17.9 Å². The SMILES string of the molecule is CCn1ncc(Br)c1CN(C)C(=O)C(C)(C)n1cc([N+](=O)[O-])cn1. The molecule has 0 N–H and O–H groups in total. The van der Waals surface area contributed by atoms with Gasteiger partial charge in [0, 0.05) is 13.6 Å². The Bertz CT molecular complexity index is 766. The third kappa shape index (κ3) is 3.32. The van der Waals surface area contributed by atoms with Crippen molar-refractivity contribution in [3.63, 3.8) is 0 Å². The Morgan fingerprint density at radius 3 is 2.62 bits per heavy atom. The van der Waals surface area contributed by atoms with Crippen LogP contribution in [-0.4, -0.2) is 42.3 Å². The third-order valence-electron chi connectivity index (χ3n) is 3.81. The van der Waals surface area contributed by atoms with E-state index < -0.39 is 10.5 Å². The zero-order chi connectivity index (χ0) is 18.1. The van der Waals surface area contributed by atoms with Crippen LogP contribution in [0, 0.1) is 10.1 Å². The van der Waals surface area contributed by atoms with E-state index >= 15 is 0 Å². The lowest BCUT2D eigenvalue weighted by atomic mass is 10.0. The molecule has 0 bridgehead atoms. The maximum atomic E-state index is 12.8. The molecule has 2 aromatic rings. The summed E-state index contributed by atoms with van der Waals surface area (Å²) in [7, 11) is 1.68. The predicted molar refractivity (Wildman–Crippen MR) is 90.3 cm³/mol. The summed E-state index contributed by atoms with van der Waals surface area (Å²) in [5.41, 5.74) is -0.312. The molecule has 1 amide bonds. The van der Waals surface area contributed by atoms with Crippen LogP contribution in [0.25, 0.3) is 0 Å². The lowest BCUT2D eigenvalue weighted by molar-refractivity contribution is -0.385. The molecular formula is C14H19BrN6O3. The van der Waals surface area contributed by atoms with E-state index in [0.717, 1.165) is 16.4 Å². The minimum atomic E-state index is -1.05. The van der Waals surface area contributed by atoms with Crippen molar-refractivity contribution < 1.29 is 9.72 Å². The Kier molecular flexibility index (Phi) is 5.07. The summed E-state index contributed by atoms with van der Waals surface area (Å²) in [6, 6.07) is 0. The molecule has 2 heterocycles. The highest BCUT2D eigenvalue weighted by Gasteiger charge is 2.34. The monoisotopic (exact) mass is 398 g/mol. The molecule has 0 radical (unpaired) electrons. The first-order chi connectivity index (χ1) is 11.2. The van der Waals surface area contributed by atoms with Crippen molar-refractivity contribution in [2.24, 2.45) is 0 Å². The van der Waals surface area contributed by atoms with Crippen LogP contribution in [0.4, 0.5) is 5.69 Å². The quantitative estimate of drug-likeness (QED) is 0.548. The fourth-order valence-electron chi connectivity index (χ4n) is 2.39. The van der Waals surface area contributed by atoms with Gasteiger partial charge in [-0.2, -0.15) is 10.2 Å². The molecule has 2 rings (SSSR count). The van der Waals surface area contributed by atoms with Crippen LogP contribution < -0.4 is 0 Å². The van der Waals surface area contributed by atoms with Gasteiger partial charge in [-0.05, 0) is 36.7 Å².